The lowest BCUT2D eigenvalue weighted by Gasteiger charge is -2.39. The van der Waals surface area contributed by atoms with E-state index in [0.29, 0.717) is 11.9 Å². The van der Waals surface area contributed by atoms with E-state index in [2.05, 4.69) is 31.0 Å². The summed E-state index contributed by atoms with van der Waals surface area (Å²) < 4.78 is 0. The van der Waals surface area contributed by atoms with E-state index in [1.54, 1.807) is 0 Å². The molecule has 0 aromatic carbocycles. The fourth-order valence-electron chi connectivity index (χ4n) is 3.34. The van der Waals surface area contributed by atoms with Gasteiger partial charge in [0.2, 0.25) is 5.91 Å². The van der Waals surface area contributed by atoms with Crippen LogP contribution in [0.15, 0.2) is 0 Å². The molecule has 1 aliphatic heterocycles. The third kappa shape index (κ3) is 2.35. The van der Waals surface area contributed by atoms with Gasteiger partial charge in [0.15, 0.2) is 0 Å². The summed E-state index contributed by atoms with van der Waals surface area (Å²) in [5, 5.41) is 3.40. The molecule has 2 aliphatic rings. The lowest BCUT2D eigenvalue weighted by Crippen LogP contribution is -2.47. The average Bonchev–Trinajstić information content (AvgIpc) is 2.59. The predicted octanol–water partition coefficient (Wildman–Crippen LogP) is 2.37. The van der Waals surface area contributed by atoms with Gasteiger partial charge in [-0.05, 0) is 44.4 Å². The second-order valence-corrected chi connectivity index (χ2v) is 5.98. The van der Waals surface area contributed by atoms with E-state index in [1.807, 2.05) is 6.92 Å². The molecule has 0 spiro atoms. The molecule has 2 fully saturated rings. The number of carbonyl (C=O) groups is 1. The maximum absolute atomic E-state index is 12.2. The molecule has 17 heavy (non-hydrogen) atoms. The number of hydrogen-bond acceptors (Lipinski definition) is 2. The van der Waals surface area contributed by atoms with Gasteiger partial charge in [-0.1, -0.05) is 20.8 Å². The SMILES string of the molecule is CCC1NC(C)C(=O)N1C1CCC(C)C(C)C1. The molecule has 1 amide bonds. The second-order valence-electron chi connectivity index (χ2n) is 5.98. The smallest absolute Gasteiger partial charge is 0.240 e. The van der Waals surface area contributed by atoms with E-state index in [4.69, 9.17) is 0 Å². The summed E-state index contributed by atoms with van der Waals surface area (Å²) in [6.45, 7) is 8.81. The van der Waals surface area contributed by atoms with Crippen molar-refractivity contribution in [2.24, 2.45) is 11.8 Å². The minimum absolute atomic E-state index is 0.00889. The Balaban J connectivity index is 2.08. The number of rotatable bonds is 2. The first-order valence-corrected chi connectivity index (χ1v) is 7.12. The van der Waals surface area contributed by atoms with Crippen LogP contribution in [0.5, 0.6) is 0 Å². The molecule has 0 aromatic heterocycles. The summed E-state index contributed by atoms with van der Waals surface area (Å²) in [7, 11) is 0. The molecule has 1 saturated heterocycles. The van der Waals surface area contributed by atoms with Crippen molar-refractivity contribution in [3.63, 3.8) is 0 Å². The molecule has 98 valence electrons. The maximum atomic E-state index is 12.2. The minimum atomic E-state index is 0.00889. The summed E-state index contributed by atoms with van der Waals surface area (Å²) in [6, 6.07) is 0.478. The highest BCUT2D eigenvalue weighted by Gasteiger charge is 2.41. The molecule has 1 heterocycles. The van der Waals surface area contributed by atoms with Crippen LogP contribution in [-0.4, -0.2) is 29.1 Å². The summed E-state index contributed by atoms with van der Waals surface area (Å²) in [6.07, 6.45) is 4.90. The van der Waals surface area contributed by atoms with E-state index in [1.165, 1.54) is 19.3 Å². The monoisotopic (exact) mass is 238 g/mol. The molecule has 5 atom stereocenters. The summed E-state index contributed by atoms with van der Waals surface area (Å²) >= 11 is 0. The Morgan fingerprint density at radius 3 is 2.53 bits per heavy atom. The van der Waals surface area contributed by atoms with E-state index in [-0.39, 0.29) is 12.2 Å². The standard InChI is InChI=1S/C14H26N2O/c1-5-13-15-11(4)14(17)16(13)12-7-6-9(2)10(3)8-12/h9-13,15H,5-8H2,1-4H3. The van der Waals surface area contributed by atoms with Crippen molar-refractivity contribution in [3.8, 4) is 0 Å². The van der Waals surface area contributed by atoms with Crippen LogP contribution >= 0.6 is 0 Å². The number of hydrogen-bond donors (Lipinski definition) is 1. The Bertz CT molecular complexity index is 292. The molecule has 1 saturated carbocycles. The number of amides is 1. The van der Waals surface area contributed by atoms with Crippen molar-refractivity contribution >= 4 is 5.91 Å². The molecule has 0 aromatic rings. The molecule has 1 aliphatic carbocycles. The lowest BCUT2D eigenvalue weighted by atomic mass is 9.78. The Morgan fingerprint density at radius 1 is 1.24 bits per heavy atom. The van der Waals surface area contributed by atoms with Gasteiger partial charge >= 0.3 is 0 Å². The molecule has 2 rings (SSSR count). The zero-order valence-electron chi connectivity index (χ0n) is 11.6. The van der Waals surface area contributed by atoms with Gasteiger partial charge in [0.05, 0.1) is 12.2 Å². The highest BCUT2D eigenvalue weighted by Crippen LogP contribution is 2.34. The largest absolute Gasteiger partial charge is 0.323 e. The normalized spacial score (nSPS) is 43.2. The van der Waals surface area contributed by atoms with E-state index in [0.717, 1.165) is 18.3 Å². The van der Waals surface area contributed by atoms with Crippen molar-refractivity contribution in [3.05, 3.63) is 0 Å². The molecular weight excluding hydrogens is 212 g/mol. The number of nitrogens with zero attached hydrogens (tertiary/aromatic N) is 1. The van der Waals surface area contributed by atoms with Crippen molar-refractivity contribution in [1.29, 1.82) is 0 Å². The van der Waals surface area contributed by atoms with E-state index in [9.17, 15) is 4.79 Å². The molecular formula is C14H26N2O. The van der Waals surface area contributed by atoms with Crippen LogP contribution in [-0.2, 0) is 4.79 Å². The number of nitrogens with one attached hydrogen (secondary N) is 1. The molecule has 5 unspecified atom stereocenters. The van der Waals surface area contributed by atoms with Crippen LogP contribution < -0.4 is 5.32 Å². The van der Waals surface area contributed by atoms with Gasteiger partial charge in [-0.3, -0.25) is 10.1 Å². The predicted molar refractivity (Wildman–Crippen MR) is 69.5 cm³/mol. The highest BCUT2D eigenvalue weighted by atomic mass is 16.2. The molecule has 1 N–H and O–H groups in total. The topological polar surface area (TPSA) is 32.3 Å². The van der Waals surface area contributed by atoms with Gasteiger partial charge in [0.1, 0.15) is 0 Å². The van der Waals surface area contributed by atoms with Crippen LogP contribution in [0.3, 0.4) is 0 Å². The van der Waals surface area contributed by atoms with Gasteiger partial charge < -0.3 is 4.90 Å². The fraction of sp³-hybridized carbons (Fsp3) is 0.929. The number of carbonyl (C=O) groups excluding carboxylic acids is 1. The van der Waals surface area contributed by atoms with Crippen LogP contribution in [0.4, 0.5) is 0 Å². The van der Waals surface area contributed by atoms with Crippen molar-refractivity contribution in [2.45, 2.75) is 71.6 Å². The molecule has 3 nitrogen and oxygen atoms in total. The van der Waals surface area contributed by atoms with Gasteiger partial charge in [0, 0.05) is 6.04 Å². The third-order valence-electron chi connectivity index (χ3n) is 4.75. The zero-order valence-corrected chi connectivity index (χ0v) is 11.6. The minimum Gasteiger partial charge on any atom is -0.323 e. The fourth-order valence-corrected chi connectivity index (χ4v) is 3.34. The highest BCUT2D eigenvalue weighted by molar-refractivity contribution is 5.84. The van der Waals surface area contributed by atoms with Gasteiger partial charge in [-0.2, -0.15) is 0 Å². The summed E-state index contributed by atoms with van der Waals surface area (Å²) in [5.41, 5.74) is 0. The quantitative estimate of drug-likeness (QED) is 0.801. The van der Waals surface area contributed by atoms with Crippen molar-refractivity contribution in [2.75, 3.05) is 0 Å². The van der Waals surface area contributed by atoms with Crippen LogP contribution in [0.25, 0.3) is 0 Å². The van der Waals surface area contributed by atoms with Gasteiger partial charge in [-0.25, -0.2) is 0 Å². The molecule has 0 radical (unpaired) electrons. The second kappa shape index (κ2) is 4.97. The third-order valence-corrected chi connectivity index (χ3v) is 4.75. The summed E-state index contributed by atoms with van der Waals surface area (Å²) in [5.74, 6) is 1.87. The first-order chi connectivity index (χ1) is 8.04. The van der Waals surface area contributed by atoms with Crippen LogP contribution in [0, 0.1) is 11.8 Å². The average molecular weight is 238 g/mol. The maximum Gasteiger partial charge on any atom is 0.240 e. The van der Waals surface area contributed by atoms with Crippen LogP contribution in [0.2, 0.25) is 0 Å². The van der Waals surface area contributed by atoms with Crippen LogP contribution in [0.1, 0.15) is 53.4 Å². The Hall–Kier alpha value is -0.570. The Morgan fingerprint density at radius 2 is 1.94 bits per heavy atom. The van der Waals surface area contributed by atoms with Gasteiger partial charge in [0.25, 0.3) is 0 Å². The van der Waals surface area contributed by atoms with Crippen molar-refractivity contribution < 1.29 is 4.79 Å². The zero-order chi connectivity index (χ0) is 12.6. The van der Waals surface area contributed by atoms with E-state index < -0.39 is 0 Å². The molecule has 0 bridgehead atoms. The first-order valence-electron chi connectivity index (χ1n) is 7.12. The van der Waals surface area contributed by atoms with E-state index >= 15 is 0 Å². The van der Waals surface area contributed by atoms with Crippen molar-refractivity contribution in [1.82, 2.24) is 10.2 Å². The summed E-state index contributed by atoms with van der Waals surface area (Å²) in [4.78, 5) is 14.4. The first kappa shape index (κ1) is 12.9. The Kier molecular flexibility index (Phi) is 3.76. The molecule has 3 heteroatoms. The lowest BCUT2D eigenvalue weighted by molar-refractivity contribution is -0.133. The Labute approximate surface area is 105 Å². The van der Waals surface area contributed by atoms with Gasteiger partial charge in [-0.15, -0.1) is 0 Å².